The van der Waals surface area contributed by atoms with Crippen LogP contribution in [0.3, 0.4) is 0 Å². The molecule has 0 radical (unpaired) electrons. The van der Waals surface area contributed by atoms with Gasteiger partial charge in [0.2, 0.25) is 0 Å². The molecule has 6 aromatic heterocycles. The van der Waals surface area contributed by atoms with Crippen molar-refractivity contribution in [2.24, 2.45) is 0 Å². The number of rotatable bonds is 6. The van der Waals surface area contributed by atoms with Crippen LogP contribution in [0.2, 0.25) is 0 Å². The van der Waals surface area contributed by atoms with Crippen LogP contribution in [0.4, 0.5) is 0 Å². The Labute approximate surface area is 686 Å². The quantitative estimate of drug-likeness (QED) is 0.166. The van der Waals surface area contributed by atoms with E-state index in [1.807, 2.05) is 51.4 Å². The molecule has 0 saturated heterocycles. The number of para-hydroxylation sites is 1. The molecule has 0 unspecified atom stereocenters. The maximum Gasteiger partial charge on any atom is 0.136 e. The molecule has 0 atom stereocenters. The number of furan rings is 2. The van der Waals surface area contributed by atoms with Crippen molar-refractivity contribution in [2.45, 2.75) is 19.3 Å². The van der Waals surface area contributed by atoms with Crippen molar-refractivity contribution in [1.82, 2.24) is 0 Å². The first-order valence-corrected chi connectivity index (χ1v) is 43.5. The fraction of sp³-hybridized carbons (Fsp3) is 0.0270. The summed E-state index contributed by atoms with van der Waals surface area (Å²) in [5.74, 6) is 0. The average Bonchev–Trinajstić information content (AvgIpc) is 1.52. The summed E-state index contributed by atoms with van der Waals surface area (Å²) in [6.07, 6.45) is 0. The van der Waals surface area contributed by atoms with Crippen molar-refractivity contribution in [3.8, 4) is 111 Å². The van der Waals surface area contributed by atoms with Crippen LogP contribution in [-0.4, -0.2) is 0 Å². The Morgan fingerprint density at radius 3 is 1.16 bits per heavy atom. The topological polar surface area (TPSA) is 26.3 Å². The third-order valence-electron chi connectivity index (χ3n) is 26.2. The highest BCUT2D eigenvalue weighted by atomic mass is 32.1. The monoisotopic (exact) mass is 1550 g/mol. The summed E-state index contributed by atoms with van der Waals surface area (Å²) in [6.45, 7) is 4.78. The van der Waals surface area contributed by atoms with Gasteiger partial charge in [0.15, 0.2) is 0 Å². The molecule has 6 heteroatoms. The van der Waals surface area contributed by atoms with Crippen molar-refractivity contribution >= 4 is 202 Å². The van der Waals surface area contributed by atoms with Crippen LogP contribution in [-0.2, 0) is 5.41 Å². The lowest BCUT2D eigenvalue weighted by Gasteiger charge is -2.23. The minimum absolute atomic E-state index is 0.122. The van der Waals surface area contributed by atoms with Crippen molar-refractivity contribution in [2.75, 3.05) is 0 Å². The van der Waals surface area contributed by atoms with Gasteiger partial charge in [0.25, 0.3) is 0 Å². The average molecular weight is 1560 g/mol. The zero-order valence-corrected chi connectivity index (χ0v) is 66.5. The summed E-state index contributed by atoms with van der Waals surface area (Å²) >= 11 is 7.69. The van der Waals surface area contributed by atoms with Crippen molar-refractivity contribution < 1.29 is 8.83 Å². The van der Waals surface area contributed by atoms with Crippen LogP contribution >= 0.6 is 45.3 Å². The van der Waals surface area contributed by atoms with E-state index in [2.05, 4.69) is 347 Å². The number of benzene rings is 19. The molecule has 4 aliphatic carbocycles. The normalized spacial score (nSPS) is 13.1. The number of hydrogen-bond donors (Lipinski definition) is 0. The first-order chi connectivity index (χ1) is 57.7. The van der Waals surface area contributed by atoms with E-state index in [-0.39, 0.29) is 5.41 Å². The minimum Gasteiger partial charge on any atom is -0.456 e. The molecule has 19 aromatic carbocycles. The summed E-state index contributed by atoms with van der Waals surface area (Å²) < 4.78 is 23.7. The second-order valence-electron chi connectivity index (χ2n) is 32.6. The van der Waals surface area contributed by atoms with E-state index in [1.165, 1.54) is 257 Å². The molecular formula is C111H62O2S4. The summed E-state index contributed by atoms with van der Waals surface area (Å²) in [7, 11) is 0. The van der Waals surface area contributed by atoms with Crippen LogP contribution in [0.1, 0.15) is 25.0 Å². The third-order valence-corrected chi connectivity index (χ3v) is 30.6. The van der Waals surface area contributed by atoms with Gasteiger partial charge in [0.1, 0.15) is 22.3 Å². The van der Waals surface area contributed by atoms with E-state index >= 15 is 0 Å². The van der Waals surface area contributed by atoms with E-state index in [0.29, 0.717) is 0 Å². The van der Waals surface area contributed by atoms with Crippen molar-refractivity contribution in [1.29, 1.82) is 0 Å². The molecule has 29 rings (SSSR count). The fourth-order valence-corrected chi connectivity index (χ4v) is 25.7. The Morgan fingerprint density at radius 1 is 0.188 bits per heavy atom. The first-order valence-electron chi connectivity index (χ1n) is 40.2. The lowest BCUT2D eigenvalue weighted by atomic mass is 9.79. The molecule has 0 fully saturated rings. The SMILES string of the molecule is CC1(C)c2cc(-c3cccc(-c4cccc(-c5ccccc5)c4)c3)cc3c2-c2c1ccc1ccc4oc5cccc-3c5c4c21.c1ccc(-c2cccc(-c3cc4sc5cccc6c5c4c4c3ccc3sc5cccc-6c5c34)c2)cc1.c1ccc2c(c1)oc1cc(-c3cc4sc5cccc6c5c4c4c3ccc3sc5cccc-6c5c34)ccc12. The van der Waals surface area contributed by atoms with Crippen LogP contribution < -0.4 is 0 Å². The maximum atomic E-state index is 6.48. The molecule has 0 spiro atoms. The second kappa shape index (κ2) is 23.8. The molecule has 0 N–H and O–H groups in total. The fourth-order valence-electron chi connectivity index (χ4n) is 21.0. The highest BCUT2D eigenvalue weighted by Crippen LogP contribution is 2.62. The van der Waals surface area contributed by atoms with Crippen LogP contribution in [0.5, 0.6) is 0 Å². The zero-order chi connectivity index (χ0) is 76.4. The Hall–Kier alpha value is -13.6. The highest BCUT2D eigenvalue weighted by molar-refractivity contribution is 7.28. The molecule has 0 bridgehead atoms. The largest absolute Gasteiger partial charge is 0.456 e. The molecule has 6 heterocycles. The van der Waals surface area contributed by atoms with E-state index in [9.17, 15) is 0 Å². The minimum atomic E-state index is -0.122. The molecule has 0 amide bonds. The highest BCUT2D eigenvalue weighted by Gasteiger charge is 2.41. The molecular weight excluding hydrogens is 1490 g/mol. The van der Waals surface area contributed by atoms with E-state index in [1.54, 1.807) is 0 Å². The van der Waals surface area contributed by atoms with Gasteiger partial charge in [0, 0.05) is 124 Å². The standard InChI is InChI=1S/C43H28O.C34H16OS2.C34H18S2/c1-43(2)34-19-17-26-18-20-37-42-38(26)41(34)39-33(32-15-8-16-36(44-37)40(32)42)23-31(24-35(39)43)30-14-7-13-29(22-30)28-12-6-11-27(21-28)25-9-4-3-5-10-25;1-2-8-24-18(5-1)19-12-11-17(15-25(19)35-24)23-16-29-34-31-21(7-4-10-27(31)37-29)20-6-3-9-26-30(20)33-28(36-26)14-13-22(23)32(33)34;1-2-7-19(8-3-1)20-9-4-10-21(17-20)25-18-29-34-31-23(12-6-14-27(31)36-29)22-11-5-13-26-30(22)33-28(35-26)16-15-24(25)32(33)34/h3-24H,1-2H3;1-16H;1-18H. The summed E-state index contributed by atoms with van der Waals surface area (Å²) in [5.41, 5.74) is 32.3. The van der Waals surface area contributed by atoms with Gasteiger partial charge in [-0.1, -0.05) is 244 Å². The van der Waals surface area contributed by atoms with Gasteiger partial charge in [0.05, 0.1) is 0 Å². The van der Waals surface area contributed by atoms with Gasteiger partial charge in [-0.3, -0.25) is 0 Å². The molecule has 0 saturated carbocycles. The zero-order valence-electron chi connectivity index (χ0n) is 63.3. The van der Waals surface area contributed by atoms with Crippen molar-refractivity contribution in [3.63, 3.8) is 0 Å². The van der Waals surface area contributed by atoms with Crippen LogP contribution in [0.15, 0.2) is 349 Å². The van der Waals surface area contributed by atoms with Gasteiger partial charge < -0.3 is 8.83 Å². The molecule has 542 valence electrons. The maximum absolute atomic E-state index is 6.48. The van der Waals surface area contributed by atoms with Gasteiger partial charge >= 0.3 is 0 Å². The van der Waals surface area contributed by atoms with E-state index < -0.39 is 0 Å². The van der Waals surface area contributed by atoms with Gasteiger partial charge in [-0.25, -0.2) is 0 Å². The third kappa shape index (κ3) is 9.02. The first kappa shape index (κ1) is 64.8. The smallest absolute Gasteiger partial charge is 0.136 e. The van der Waals surface area contributed by atoms with Crippen LogP contribution in [0.25, 0.3) is 268 Å². The molecule has 4 aliphatic rings. The van der Waals surface area contributed by atoms with Gasteiger partial charge in [-0.2, -0.15) is 0 Å². The van der Waals surface area contributed by atoms with E-state index in [4.69, 9.17) is 8.83 Å². The Morgan fingerprint density at radius 2 is 0.590 bits per heavy atom. The van der Waals surface area contributed by atoms with Crippen LogP contribution in [0, 0.1) is 0 Å². The number of thiophene rings is 4. The molecule has 0 aliphatic heterocycles. The predicted octanol–water partition coefficient (Wildman–Crippen LogP) is 34.0. The summed E-state index contributed by atoms with van der Waals surface area (Å²) in [4.78, 5) is 0. The lowest BCUT2D eigenvalue weighted by Crippen LogP contribution is -2.15. The molecule has 117 heavy (non-hydrogen) atoms. The number of fused-ring (bicyclic) bond motifs is 6. The van der Waals surface area contributed by atoms with Gasteiger partial charge in [-0.15, -0.1) is 45.3 Å². The summed E-state index contributed by atoms with van der Waals surface area (Å²) in [5, 5.41) is 24.3. The Kier molecular flexibility index (Phi) is 13.2. The predicted molar refractivity (Wildman–Crippen MR) is 505 cm³/mol. The van der Waals surface area contributed by atoms with Crippen molar-refractivity contribution in [3.05, 3.63) is 351 Å². The molecule has 2 nitrogen and oxygen atoms in total. The van der Waals surface area contributed by atoms with Gasteiger partial charge in [-0.05, 0) is 248 Å². The number of hydrogen-bond acceptors (Lipinski definition) is 6. The Bertz CT molecular complexity index is 8740. The summed E-state index contributed by atoms with van der Waals surface area (Å²) in [6, 6.07) is 125. The Balaban J connectivity index is 0.0000000942. The molecule has 25 aromatic rings. The second-order valence-corrected chi connectivity index (χ2v) is 36.9. The lowest BCUT2D eigenvalue weighted by molar-refractivity contribution is 0.661. The van der Waals surface area contributed by atoms with E-state index in [0.717, 1.165) is 22.3 Å².